The van der Waals surface area contributed by atoms with Crippen molar-refractivity contribution in [3.63, 3.8) is 0 Å². The van der Waals surface area contributed by atoms with Crippen molar-refractivity contribution in [3.8, 4) is 11.5 Å². The summed E-state index contributed by atoms with van der Waals surface area (Å²) in [5.41, 5.74) is 2.37. The van der Waals surface area contributed by atoms with E-state index in [1.165, 1.54) is 11.3 Å². The van der Waals surface area contributed by atoms with Crippen LogP contribution in [-0.2, 0) is 0 Å². The Labute approximate surface area is 167 Å². The Morgan fingerprint density at radius 2 is 1.74 bits per heavy atom. The summed E-state index contributed by atoms with van der Waals surface area (Å²) >= 11 is 6.17. The van der Waals surface area contributed by atoms with Gasteiger partial charge in [-0.2, -0.15) is 0 Å². The van der Waals surface area contributed by atoms with Crippen LogP contribution in [0, 0.1) is 6.92 Å². The minimum Gasteiger partial charge on any atom is -0.495 e. The molecule has 3 rings (SSSR count). The number of hydrogen-bond donors (Lipinski definition) is 0. The van der Waals surface area contributed by atoms with Gasteiger partial charge in [0.1, 0.15) is 11.5 Å². The molecule has 4 nitrogen and oxygen atoms in total. The number of rotatable bonds is 8. The lowest BCUT2D eigenvalue weighted by molar-refractivity contribution is 0.238. The van der Waals surface area contributed by atoms with Gasteiger partial charge in [-0.15, -0.1) is 0 Å². The largest absolute Gasteiger partial charge is 0.495 e. The van der Waals surface area contributed by atoms with Gasteiger partial charge in [0.2, 0.25) is 0 Å². The Kier molecular flexibility index (Phi) is 7.25. The molecule has 0 aromatic heterocycles. The third kappa shape index (κ3) is 5.53. The molecule has 0 atom stereocenters. The molecule has 5 heteroatoms. The fourth-order valence-corrected chi connectivity index (χ4v) is 3.62. The van der Waals surface area contributed by atoms with Crippen LogP contribution < -0.4 is 14.4 Å². The van der Waals surface area contributed by atoms with E-state index in [2.05, 4.69) is 21.9 Å². The number of aryl methyl sites for hydroxylation is 1. The highest BCUT2D eigenvalue weighted by atomic mass is 35.5. The molecule has 0 bridgehead atoms. The third-order valence-electron chi connectivity index (χ3n) is 5.01. The van der Waals surface area contributed by atoms with Gasteiger partial charge in [-0.25, -0.2) is 0 Å². The maximum Gasteiger partial charge on any atom is 0.142 e. The van der Waals surface area contributed by atoms with E-state index in [1.807, 2.05) is 37.3 Å². The average molecular weight is 389 g/mol. The summed E-state index contributed by atoms with van der Waals surface area (Å²) in [7, 11) is 1.74. The molecular formula is C22H29ClN2O2. The lowest BCUT2D eigenvalue weighted by Gasteiger charge is -2.36. The molecule has 0 N–H and O–H groups in total. The van der Waals surface area contributed by atoms with E-state index in [-0.39, 0.29) is 0 Å². The molecule has 0 amide bonds. The molecule has 1 saturated heterocycles. The second-order valence-electron chi connectivity index (χ2n) is 6.99. The summed E-state index contributed by atoms with van der Waals surface area (Å²) in [6.07, 6.45) is 2.18. The second kappa shape index (κ2) is 9.86. The number of halogens is 1. The number of piperazine rings is 1. The minimum absolute atomic E-state index is 0.688. The summed E-state index contributed by atoms with van der Waals surface area (Å²) in [5, 5.41) is 0.688. The first-order valence-electron chi connectivity index (χ1n) is 9.66. The fraction of sp³-hybridized carbons (Fsp3) is 0.455. The Morgan fingerprint density at radius 3 is 2.52 bits per heavy atom. The quantitative estimate of drug-likeness (QED) is 0.615. The van der Waals surface area contributed by atoms with Crippen molar-refractivity contribution in [1.82, 2.24) is 4.90 Å². The zero-order chi connectivity index (χ0) is 19.1. The number of ether oxygens (including phenoxy) is 2. The normalized spacial score (nSPS) is 15.0. The molecule has 2 aromatic rings. The standard InChI is InChI=1S/C22H29ClN2O2/c1-18-9-10-19(23)22(17-18)27-16-6-5-11-24-12-14-25(15-13-24)20-7-3-4-8-21(20)26-2/h3-4,7-10,17H,5-6,11-16H2,1-2H3. The van der Waals surface area contributed by atoms with Crippen LogP contribution >= 0.6 is 11.6 Å². The van der Waals surface area contributed by atoms with Gasteiger partial charge in [0.25, 0.3) is 0 Å². The average Bonchev–Trinajstić information content (AvgIpc) is 2.70. The SMILES string of the molecule is COc1ccccc1N1CCN(CCCCOc2cc(C)ccc2Cl)CC1. The van der Waals surface area contributed by atoms with Crippen molar-refractivity contribution in [3.05, 3.63) is 53.1 Å². The molecule has 27 heavy (non-hydrogen) atoms. The molecule has 1 heterocycles. The van der Waals surface area contributed by atoms with Crippen LogP contribution in [0.5, 0.6) is 11.5 Å². The van der Waals surface area contributed by atoms with Crippen molar-refractivity contribution < 1.29 is 9.47 Å². The monoisotopic (exact) mass is 388 g/mol. The van der Waals surface area contributed by atoms with Crippen molar-refractivity contribution in [2.45, 2.75) is 19.8 Å². The van der Waals surface area contributed by atoms with E-state index in [9.17, 15) is 0 Å². The van der Waals surface area contributed by atoms with Crippen LogP contribution in [0.3, 0.4) is 0 Å². The van der Waals surface area contributed by atoms with Gasteiger partial charge in [0, 0.05) is 26.2 Å². The molecule has 0 saturated carbocycles. The van der Waals surface area contributed by atoms with Crippen molar-refractivity contribution in [1.29, 1.82) is 0 Å². The number of unbranched alkanes of at least 4 members (excludes halogenated alkanes) is 1. The molecule has 0 spiro atoms. The van der Waals surface area contributed by atoms with E-state index < -0.39 is 0 Å². The van der Waals surface area contributed by atoms with E-state index in [0.29, 0.717) is 11.6 Å². The highest BCUT2D eigenvalue weighted by Gasteiger charge is 2.19. The Morgan fingerprint density at radius 1 is 0.963 bits per heavy atom. The number of para-hydroxylation sites is 2. The Balaban J connectivity index is 1.36. The van der Waals surface area contributed by atoms with Crippen LogP contribution in [0.4, 0.5) is 5.69 Å². The summed E-state index contributed by atoms with van der Waals surface area (Å²) in [6, 6.07) is 14.2. The summed E-state index contributed by atoms with van der Waals surface area (Å²) < 4.78 is 11.3. The first kappa shape index (κ1) is 19.8. The number of nitrogens with zero attached hydrogens (tertiary/aromatic N) is 2. The van der Waals surface area contributed by atoms with Crippen molar-refractivity contribution in [2.75, 3.05) is 51.3 Å². The fourth-order valence-electron chi connectivity index (χ4n) is 3.44. The summed E-state index contributed by atoms with van der Waals surface area (Å²) in [4.78, 5) is 4.95. The van der Waals surface area contributed by atoms with Crippen molar-refractivity contribution in [2.24, 2.45) is 0 Å². The van der Waals surface area contributed by atoms with E-state index in [0.717, 1.165) is 57.1 Å². The van der Waals surface area contributed by atoms with Crippen LogP contribution in [0.1, 0.15) is 18.4 Å². The third-order valence-corrected chi connectivity index (χ3v) is 5.32. The number of benzene rings is 2. The molecule has 1 aliphatic heterocycles. The van der Waals surface area contributed by atoms with Gasteiger partial charge in [0.15, 0.2) is 0 Å². The Bertz CT molecular complexity index is 730. The molecule has 0 aliphatic carbocycles. The lowest BCUT2D eigenvalue weighted by atomic mass is 10.2. The molecular weight excluding hydrogens is 360 g/mol. The summed E-state index contributed by atoms with van der Waals surface area (Å²) in [6.45, 7) is 8.12. The van der Waals surface area contributed by atoms with Crippen LogP contribution in [-0.4, -0.2) is 51.3 Å². The maximum atomic E-state index is 6.17. The van der Waals surface area contributed by atoms with E-state index in [1.54, 1.807) is 7.11 Å². The molecule has 0 radical (unpaired) electrons. The van der Waals surface area contributed by atoms with Crippen molar-refractivity contribution >= 4 is 17.3 Å². The zero-order valence-electron chi connectivity index (χ0n) is 16.3. The predicted molar refractivity (Wildman–Crippen MR) is 113 cm³/mol. The van der Waals surface area contributed by atoms with Gasteiger partial charge >= 0.3 is 0 Å². The van der Waals surface area contributed by atoms with Crippen LogP contribution in [0.2, 0.25) is 5.02 Å². The topological polar surface area (TPSA) is 24.9 Å². The molecule has 2 aromatic carbocycles. The highest BCUT2D eigenvalue weighted by molar-refractivity contribution is 6.32. The molecule has 1 fully saturated rings. The molecule has 146 valence electrons. The maximum absolute atomic E-state index is 6.17. The lowest BCUT2D eigenvalue weighted by Crippen LogP contribution is -2.46. The predicted octanol–water partition coefficient (Wildman–Crippen LogP) is 4.64. The van der Waals surface area contributed by atoms with Gasteiger partial charge < -0.3 is 14.4 Å². The zero-order valence-corrected chi connectivity index (χ0v) is 17.0. The summed E-state index contributed by atoms with van der Waals surface area (Å²) in [5.74, 6) is 1.75. The van der Waals surface area contributed by atoms with Crippen LogP contribution in [0.25, 0.3) is 0 Å². The van der Waals surface area contributed by atoms with Crippen LogP contribution in [0.15, 0.2) is 42.5 Å². The van der Waals surface area contributed by atoms with Gasteiger partial charge in [-0.3, -0.25) is 4.90 Å². The van der Waals surface area contributed by atoms with Gasteiger partial charge in [-0.05, 0) is 56.1 Å². The number of hydrogen-bond acceptors (Lipinski definition) is 4. The molecule has 1 aliphatic rings. The number of methoxy groups -OCH3 is 1. The minimum atomic E-state index is 0.688. The second-order valence-corrected chi connectivity index (χ2v) is 7.40. The highest BCUT2D eigenvalue weighted by Crippen LogP contribution is 2.28. The van der Waals surface area contributed by atoms with Gasteiger partial charge in [0.05, 0.1) is 24.4 Å². The smallest absolute Gasteiger partial charge is 0.142 e. The molecule has 0 unspecified atom stereocenters. The van der Waals surface area contributed by atoms with Gasteiger partial charge in [-0.1, -0.05) is 29.8 Å². The van der Waals surface area contributed by atoms with E-state index in [4.69, 9.17) is 21.1 Å². The first-order valence-corrected chi connectivity index (χ1v) is 10.0. The Hall–Kier alpha value is -1.91. The van der Waals surface area contributed by atoms with E-state index >= 15 is 0 Å². The first-order chi connectivity index (χ1) is 13.2. The number of anilines is 1.